The first-order chi connectivity index (χ1) is 10.5. The van der Waals surface area contributed by atoms with Crippen molar-refractivity contribution in [2.24, 2.45) is 0 Å². The smallest absolute Gasteiger partial charge is 0.152 e. The normalized spacial score (nSPS) is 23.5. The van der Waals surface area contributed by atoms with Crippen molar-refractivity contribution < 1.29 is 8.42 Å². The van der Waals surface area contributed by atoms with Crippen LogP contribution < -0.4 is 5.32 Å². The van der Waals surface area contributed by atoms with Gasteiger partial charge in [-0.2, -0.15) is 0 Å². The van der Waals surface area contributed by atoms with E-state index >= 15 is 0 Å². The van der Waals surface area contributed by atoms with Crippen LogP contribution in [0, 0.1) is 0 Å². The summed E-state index contributed by atoms with van der Waals surface area (Å²) < 4.78 is 23.2. The van der Waals surface area contributed by atoms with E-state index < -0.39 is 9.84 Å². The first kappa shape index (κ1) is 15.3. The molecule has 1 saturated heterocycles. The monoisotopic (exact) mass is 315 g/mol. The van der Waals surface area contributed by atoms with Gasteiger partial charge in [0.05, 0.1) is 11.5 Å². The van der Waals surface area contributed by atoms with Crippen LogP contribution in [0.2, 0.25) is 0 Å². The Balaban J connectivity index is 1.65. The maximum Gasteiger partial charge on any atom is 0.152 e. The molecular weight excluding hydrogens is 294 g/mol. The minimum atomic E-state index is -2.86. The fourth-order valence-electron chi connectivity index (χ4n) is 2.91. The van der Waals surface area contributed by atoms with Crippen molar-refractivity contribution in [2.45, 2.75) is 25.4 Å². The van der Waals surface area contributed by atoms with E-state index in [1.807, 2.05) is 25.1 Å². The van der Waals surface area contributed by atoms with Gasteiger partial charge in [0.1, 0.15) is 0 Å². The van der Waals surface area contributed by atoms with Crippen LogP contribution in [0.25, 0.3) is 11.1 Å². The molecule has 0 amide bonds. The second-order valence-electron chi connectivity index (χ2n) is 6.32. The van der Waals surface area contributed by atoms with Gasteiger partial charge in [-0.1, -0.05) is 54.6 Å². The third-order valence-electron chi connectivity index (χ3n) is 4.28. The molecule has 1 unspecified atom stereocenters. The Bertz CT molecular complexity index is 738. The van der Waals surface area contributed by atoms with E-state index in [-0.39, 0.29) is 11.3 Å². The van der Waals surface area contributed by atoms with Gasteiger partial charge in [0.2, 0.25) is 0 Å². The molecule has 1 aliphatic rings. The number of hydrogen-bond acceptors (Lipinski definition) is 3. The molecule has 0 aliphatic carbocycles. The van der Waals surface area contributed by atoms with Gasteiger partial charge in [0, 0.05) is 12.1 Å². The fraction of sp³-hybridized carbons (Fsp3) is 0.333. The van der Waals surface area contributed by atoms with Gasteiger partial charge in [0.25, 0.3) is 0 Å². The summed E-state index contributed by atoms with van der Waals surface area (Å²) in [4.78, 5) is 0. The molecule has 2 aromatic carbocycles. The molecule has 0 spiro atoms. The summed E-state index contributed by atoms with van der Waals surface area (Å²) in [5.41, 5.74) is 3.27. The molecule has 116 valence electrons. The Kier molecular flexibility index (Phi) is 4.06. The highest BCUT2D eigenvalue weighted by molar-refractivity contribution is 7.91. The van der Waals surface area contributed by atoms with Crippen LogP contribution in [0.1, 0.15) is 18.9 Å². The minimum Gasteiger partial charge on any atom is -0.306 e. The average molecular weight is 315 g/mol. The Morgan fingerprint density at radius 1 is 1.00 bits per heavy atom. The number of rotatable bonds is 4. The number of hydrogen-bond donors (Lipinski definition) is 1. The molecule has 0 radical (unpaired) electrons. The Morgan fingerprint density at radius 2 is 1.64 bits per heavy atom. The van der Waals surface area contributed by atoms with E-state index in [1.165, 1.54) is 16.7 Å². The van der Waals surface area contributed by atoms with Crippen molar-refractivity contribution in [3.63, 3.8) is 0 Å². The molecule has 3 rings (SSSR count). The zero-order chi connectivity index (χ0) is 15.6. The lowest BCUT2D eigenvalue weighted by atomic mass is 10.0. The topological polar surface area (TPSA) is 46.2 Å². The Hall–Kier alpha value is -1.65. The largest absolute Gasteiger partial charge is 0.306 e. The van der Waals surface area contributed by atoms with Gasteiger partial charge in [-0.15, -0.1) is 0 Å². The van der Waals surface area contributed by atoms with Gasteiger partial charge in [-0.05, 0) is 30.0 Å². The van der Waals surface area contributed by atoms with Crippen LogP contribution in [0.4, 0.5) is 0 Å². The molecule has 1 heterocycles. The number of benzene rings is 2. The van der Waals surface area contributed by atoms with Crippen molar-refractivity contribution in [1.29, 1.82) is 0 Å². The highest BCUT2D eigenvalue weighted by Gasteiger charge is 2.37. The zero-order valence-corrected chi connectivity index (χ0v) is 13.6. The van der Waals surface area contributed by atoms with Crippen molar-refractivity contribution in [3.05, 3.63) is 60.2 Å². The van der Waals surface area contributed by atoms with Gasteiger partial charge < -0.3 is 5.32 Å². The van der Waals surface area contributed by atoms with E-state index in [4.69, 9.17) is 0 Å². The molecule has 1 atom stereocenters. The molecule has 3 nitrogen and oxygen atoms in total. The molecule has 4 heteroatoms. The third-order valence-corrected chi connectivity index (χ3v) is 6.19. The lowest BCUT2D eigenvalue weighted by Crippen LogP contribution is -2.42. The lowest BCUT2D eigenvalue weighted by Gasteiger charge is -2.24. The molecule has 1 N–H and O–H groups in total. The first-order valence-electron chi connectivity index (χ1n) is 7.56. The second kappa shape index (κ2) is 5.86. The van der Waals surface area contributed by atoms with Gasteiger partial charge >= 0.3 is 0 Å². The summed E-state index contributed by atoms with van der Waals surface area (Å²) in [7, 11) is -2.86. The van der Waals surface area contributed by atoms with Crippen molar-refractivity contribution in [1.82, 2.24) is 5.32 Å². The van der Waals surface area contributed by atoms with E-state index in [0.717, 1.165) is 0 Å². The fourth-order valence-corrected chi connectivity index (χ4v) is 5.03. The average Bonchev–Trinajstić information content (AvgIpc) is 2.81. The van der Waals surface area contributed by atoms with Crippen molar-refractivity contribution in [2.75, 3.05) is 11.5 Å². The van der Waals surface area contributed by atoms with Crippen LogP contribution in [-0.2, 0) is 16.4 Å². The summed E-state index contributed by atoms with van der Waals surface area (Å²) in [5.74, 6) is 0.533. The number of sulfone groups is 1. The first-order valence-corrected chi connectivity index (χ1v) is 9.38. The molecule has 0 saturated carbocycles. The maximum absolute atomic E-state index is 11.6. The summed E-state index contributed by atoms with van der Waals surface area (Å²) in [5, 5.41) is 3.41. The summed E-state index contributed by atoms with van der Waals surface area (Å²) >= 11 is 0. The summed E-state index contributed by atoms with van der Waals surface area (Å²) in [6.45, 7) is 2.69. The van der Waals surface area contributed by atoms with Crippen molar-refractivity contribution >= 4 is 9.84 Å². The molecule has 1 aliphatic heterocycles. The molecule has 1 fully saturated rings. The van der Waals surface area contributed by atoms with E-state index in [0.29, 0.717) is 18.7 Å². The predicted molar refractivity (Wildman–Crippen MR) is 90.4 cm³/mol. The number of nitrogens with one attached hydrogen (secondary N) is 1. The summed E-state index contributed by atoms with van der Waals surface area (Å²) in [6.07, 6.45) is 0.692. The Labute approximate surface area is 132 Å². The standard InChI is InChI=1S/C18H21NO2S/c1-18(11-12-22(20,21)14-18)19-13-15-7-9-17(10-8-15)16-5-3-2-4-6-16/h2-10,19H,11-14H2,1H3. The summed E-state index contributed by atoms with van der Waals surface area (Å²) in [6, 6.07) is 18.7. The van der Waals surface area contributed by atoms with E-state index in [9.17, 15) is 8.42 Å². The van der Waals surface area contributed by atoms with Crippen LogP contribution >= 0.6 is 0 Å². The quantitative estimate of drug-likeness (QED) is 0.943. The third kappa shape index (κ3) is 3.57. The molecule has 0 bridgehead atoms. The molecule has 0 aromatic heterocycles. The van der Waals surface area contributed by atoms with Crippen LogP contribution in [0.3, 0.4) is 0 Å². The zero-order valence-electron chi connectivity index (χ0n) is 12.7. The predicted octanol–water partition coefficient (Wildman–Crippen LogP) is 3.02. The second-order valence-corrected chi connectivity index (χ2v) is 8.50. The highest BCUT2D eigenvalue weighted by atomic mass is 32.2. The van der Waals surface area contributed by atoms with Crippen LogP contribution in [0.15, 0.2) is 54.6 Å². The molecular formula is C18H21NO2S. The van der Waals surface area contributed by atoms with Crippen LogP contribution in [0.5, 0.6) is 0 Å². The van der Waals surface area contributed by atoms with Gasteiger partial charge in [-0.3, -0.25) is 0 Å². The molecule has 22 heavy (non-hydrogen) atoms. The van der Waals surface area contributed by atoms with Gasteiger partial charge in [0.15, 0.2) is 9.84 Å². The van der Waals surface area contributed by atoms with E-state index in [1.54, 1.807) is 0 Å². The lowest BCUT2D eigenvalue weighted by molar-refractivity contribution is 0.395. The molecule has 2 aromatic rings. The SMILES string of the molecule is CC1(NCc2ccc(-c3ccccc3)cc2)CCS(=O)(=O)C1. The van der Waals surface area contributed by atoms with Gasteiger partial charge in [-0.25, -0.2) is 8.42 Å². The Morgan fingerprint density at radius 3 is 2.23 bits per heavy atom. The van der Waals surface area contributed by atoms with E-state index in [2.05, 4.69) is 41.7 Å². The minimum absolute atomic E-state index is 0.238. The highest BCUT2D eigenvalue weighted by Crippen LogP contribution is 2.24. The van der Waals surface area contributed by atoms with Crippen LogP contribution in [-0.4, -0.2) is 25.5 Å². The van der Waals surface area contributed by atoms with Crippen molar-refractivity contribution in [3.8, 4) is 11.1 Å². The maximum atomic E-state index is 11.6.